The molecule has 0 aliphatic heterocycles. The molecule has 0 amide bonds. The zero-order valence-electron chi connectivity index (χ0n) is 6.65. The van der Waals surface area contributed by atoms with Crippen LogP contribution in [-0.4, -0.2) is 23.2 Å². The smallest absolute Gasteiger partial charge is 0.331 e. The van der Waals surface area contributed by atoms with Crippen LogP contribution in [0.25, 0.3) is 0 Å². The van der Waals surface area contributed by atoms with Crippen LogP contribution in [-0.2, 0) is 9.59 Å². The van der Waals surface area contributed by atoms with Gasteiger partial charge in [0.05, 0.1) is 6.04 Å². The summed E-state index contributed by atoms with van der Waals surface area (Å²) < 4.78 is 0. The summed E-state index contributed by atoms with van der Waals surface area (Å²) in [5.41, 5.74) is 0.124. The molecular weight excluding hydrogens is 158 g/mol. The number of nitrogens with zero attached hydrogens (tertiary/aromatic N) is 1. The maximum absolute atomic E-state index is 10.3. The number of carboxylic acid groups (broad SMARTS) is 1. The molecular formula is C8H9NO3. The van der Waals surface area contributed by atoms with E-state index in [0.29, 0.717) is 0 Å². The predicted molar refractivity (Wildman–Crippen MR) is 43.5 cm³/mol. The number of carboxylic acids is 1. The van der Waals surface area contributed by atoms with Gasteiger partial charge in [-0.2, -0.15) is 4.99 Å². The van der Waals surface area contributed by atoms with Crippen LogP contribution in [0.15, 0.2) is 29.3 Å². The van der Waals surface area contributed by atoms with Crippen LogP contribution in [0.5, 0.6) is 0 Å². The molecule has 0 aliphatic rings. The Labute approximate surface area is 69.9 Å². The molecule has 0 bridgehead atoms. The number of hydrogen-bond acceptors (Lipinski definition) is 3. The molecule has 4 heteroatoms. The Bertz CT molecular complexity index is 261. The third kappa shape index (κ3) is 3.49. The molecule has 4 nitrogen and oxygen atoms in total. The molecule has 0 aromatic rings. The van der Waals surface area contributed by atoms with E-state index in [2.05, 4.69) is 11.6 Å². The van der Waals surface area contributed by atoms with E-state index in [0.717, 1.165) is 0 Å². The highest BCUT2D eigenvalue weighted by molar-refractivity contribution is 5.86. The van der Waals surface area contributed by atoms with E-state index < -0.39 is 12.0 Å². The van der Waals surface area contributed by atoms with Gasteiger partial charge in [-0.25, -0.2) is 9.59 Å². The summed E-state index contributed by atoms with van der Waals surface area (Å²) in [5, 5.41) is 8.45. The summed E-state index contributed by atoms with van der Waals surface area (Å²) in [4.78, 5) is 23.4. The molecule has 0 heterocycles. The lowest BCUT2D eigenvalue weighted by atomic mass is 10.2. The van der Waals surface area contributed by atoms with Crippen molar-refractivity contribution in [3.05, 3.63) is 24.3 Å². The first-order valence-electron chi connectivity index (χ1n) is 3.23. The quantitative estimate of drug-likeness (QED) is 0.293. The fourth-order valence-corrected chi connectivity index (χ4v) is 0.546. The maximum Gasteiger partial charge on any atom is 0.331 e. The molecule has 1 unspecified atom stereocenters. The normalized spacial score (nSPS) is 12.9. The Balaban J connectivity index is 4.56. The molecule has 0 spiro atoms. The highest BCUT2D eigenvalue weighted by atomic mass is 16.4. The van der Waals surface area contributed by atoms with Crippen molar-refractivity contribution in [2.24, 2.45) is 4.99 Å². The monoisotopic (exact) mass is 167 g/mol. The van der Waals surface area contributed by atoms with Crippen LogP contribution in [0.2, 0.25) is 0 Å². The van der Waals surface area contributed by atoms with Gasteiger partial charge in [-0.1, -0.05) is 6.08 Å². The molecule has 0 radical (unpaired) electrons. The first kappa shape index (κ1) is 10.3. The summed E-state index contributed by atoms with van der Waals surface area (Å²) >= 11 is 0. The molecule has 0 aromatic heterocycles. The highest BCUT2D eigenvalue weighted by Crippen LogP contribution is 2.00. The Morgan fingerprint density at radius 1 is 1.75 bits per heavy atom. The Morgan fingerprint density at radius 2 is 2.33 bits per heavy atom. The topological polar surface area (TPSA) is 66.7 Å². The van der Waals surface area contributed by atoms with Crippen molar-refractivity contribution in [1.29, 1.82) is 0 Å². The molecule has 0 aromatic carbocycles. The highest BCUT2D eigenvalue weighted by Gasteiger charge is 2.03. The largest absolute Gasteiger partial charge is 0.478 e. The van der Waals surface area contributed by atoms with E-state index in [1.54, 1.807) is 0 Å². The third-order valence-corrected chi connectivity index (χ3v) is 1.20. The van der Waals surface area contributed by atoms with Gasteiger partial charge in [0.25, 0.3) is 0 Å². The van der Waals surface area contributed by atoms with E-state index in [1.165, 1.54) is 25.2 Å². The summed E-state index contributed by atoms with van der Waals surface area (Å²) in [6.45, 7) is 4.80. The first-order chi connectivity index (χ1) is 5.61. The minimum absolute atomic E-state index is 0.124. The van der Waals surface area contributed by atoms with Gasteiger partial charge >= 0.3 is 5.97 Å². The lowest BCUT2D eigenvalue weighted by Gasteiger charge is -1.97. The number of hydrogen-bond donors (Lipinski definition) is 1. The van der Waals surface area contributed by atoms with E-state index in [4.69, 9.17) is 5.11 Å². The van der Waals surface area contributed by atoms with Crippen LogP contribution >= 0.6 is 0 Å². The second-order valence-corrected chi connectivity index (χ2v) is 2.10. The van der Waals surface area contributed by atoms with Crippen molar-refractivity contribution in [3.8, 4) is 0 Å². The zero-order chi connectivity index (χ0) is 9.56. The molecule has 64 valence electrons. The molecule has 12 heavy (non-hydrogen) atoms. The fourth-order valence-electron chi connectivity index (χ4n) is 0.546. The van der Waals surface area contributed by atoms with Gasteiger partial charge in [-0.3, -0.25) is 0 Å². The van der Waals surface area contributed by atoms with E-state index in [-0.39, 0.29) is 5.57 Å². The third-order valence-electron chi connectivity index (χ3n) is 1.20. The van der Waals surface area contributed by atoms with Crippen LogP contribution in [0, 0.1) is 0 Å². The lowest BCUT2D eigenvalue weighted by molar-refractivity contribution is -0.132. The van der Waals surface area contributed by atoms with Gasteiger partial charge < -0.3 is 5.11 Å². The maximum atomic E-state index is 10.3. The number of aliphatic imine (C=N–C) groups is 1. The molecule has 0 aliphatic carbocycles. The Kier molecular flexibility index (Phi) is 4.34. The van der Waals surface area contributed by atoms with Gasteiger partial charge in [0.1, 0.15) is 0 Å². The van der Waals surface area contributed by atoms with E-state index in [1.807, 2.05) is 0 Å². The Hall–Kier alpha value is -1.67. The number of aliphatic carboxylic acids is 1. The average Bonchev–Trinajstić information content (AvgIpc) is 2.03. The summed E-state index contributed by atoms with van der Waals surface area (Å²) in [6, 6.07) is -0.599. The van der Waals surface area contributed by atoms with Crippen LogP contribution in [0.4, 0.5) is 0 Å². The van der Waals surface area contributed by atoms with E-state index in [9.17, 15) is 9.59 Å². The fraction of sp³-hybridized carbons (Fsp3) is 0.250. The molecule has 0 fully saturated rings. The first-order valence-corrected chi connectivity index (χ1v) is 3.23. The molecule has 1 N–H and O–H groups in total. The standard InChI is InChI=1S/C8H9NO3/c1-3-7(9-5-10)4-6(2)8(11)12/h3-4,7H,1H2,2H3,(H,11,12). The second kappa shape index (κ2) is 5.04. The van der Waals surface area contributed by atoms with Gasteiger partial charge in [0.15, 0.2) is 0 Å². The van der Waals surface area contributed by atoms with Gasteiger partial charge in [-0.15, -0.1) is 6.58 Å². The predicted octanol–water partition coefficient (Wildman–Crippen LogP) is 0.908. The number of isocyanates is 1. The number of carbonyl (C=O) groups excluding carboxylic acids is 1. The van der Waals surface area contributed by atoms with Crippen molar-refractivity contribution < 1.29 is 14.7 Å². The minimum Gasteiger partial charge on any atom is -0.478 e. The van der Waals surface area contributed by atoms with Gasteiger partial charge in [0, 0.05) is 5.57 Å². The van der Waals surface area contributed by atoms with Crippen LogP contribution in [0.3, 0.4) is 0 Å². The lowest BCUT2D eigenvalue weighted by Crippen LogP contribution is -2.02. The van der Waals surface area contributed by atoms with E-state index >= 15 is 0 Å². The second-order valence-electron chi connectivity index (χ2n) is 2.10. The number of rotatable bonds is 4. The van der Waals surface area contributed by atoms with Crippen molar-refractivity contribution in [1.82, 2.24) is 0 Å². The van der Waals surface area contributed by atoms with Crippen LogP contribution in [0.1, 0.15) is 6.92 Å². The van der Waals surface area contributed by atoms with Crippen molar-refractivity contribution in [2.75, 3.05) is 0 Å². The summed E-state index contributed by atoms with van der Waals surface area (Å²) in [6.07, 6.45) is 4.01. The molecule has 0 rings (SSSR count). The summed E-state index contributed by atoms with van der Waals surface area (Å²) in [5.74, 6) is -1.04. The summed E-state index contributed by atoms with van der Waals surface area (Å²) in [7, 11) is 0. The molecule has 0 saturated carbocycles. The van der Waals surface area contributed by atoms with Crippen LogP contribution < -0.4 is 0 Å². The molecule has 0 saturated heterocycles. The van der Waals surface area contributed by atoms with Crippen molar-refractivity contribution >= 4 is 12.0 Å². The SMILES string of the molecule is C=CC(C=C(C)C(=O)O)N=C=O. The average molecular weight is 167 g/mol. The Morgan fingerprint density at radius 3 is 2.67 bits per heavy atom. The van der Waals surface area contributed by atoms with Crippen molar-refractivity contribution in [3.63, 3.8) is 0 Å². The zero-order valence-corrected chi connectivity index (χ0v) is 6.65. The number of carbonyl (C=O) groups is 1. The van der Waals surface area contributed by atoms with Gasteiger partial charge in [-0.05, 0) is 13.0 Å². The van der Waals surface area contributed by atoms with Gasteiger partial charge in [0.2, 0.25) is 6.08 Å². The molecule has 1 atom stereocenters. The minimum atomic E-state index is -1.04. The van der Waals surface area contributed by atoms with Crippen molar-refractivity contribution in [2.45, 2.75) is 13.0 Å².